The number of alkyl carbamates (subject to hydrolysis) is 1. The first-order valence-corrected chi connectivity index (χ1v) is 12.6. The molecule has 6 heteroatoms. The summed E-state index contributed by atoms with van der Waals surface area (Å²) in [6.45, 7) is 4.79. The molecule has 0 aromatic heterocycles. The number of nitrogens with zero attached hydrogens (tertiary/aromatic N) is 1. The monoisotopic (exact) mass is 462 g/mol. The average Bonchev–Trinajstić information content (AvgIpc) is 3.14. The third-order valence-corrected chi connectivity index (χ3v) is 8.76. The van der Waals surface area contributed by atoms with Crippen LogP contribution in [-0.2, 0) is 9.53 Å². The summed E-state index contributed by atoms with van der Waals surface area (Å²) in [6.07, 6.45) is 9.26. The zero-order valence-electron chi connectivity index (χ0n) is 20.0. The molecule has 2 fully saturated rings. The predicted octanol–water partition coefficient (Wildman–Crippen LogP) is 5.51. The van der Waals surface area contributed by atoms with Gasteiger partial charge in [-0.1, -0.05) is 41.9 Å². The molecule has 0 spiro atoms. The third kappa shape index (κ3) is 3.87. The largest absolute Gasteiger partial charge is 0.446 e. The predicted molar refractivity (Wildman–Crippen MR) is 130 cm³/mol. The summed E-state index contributed by atoms with van der Waals surface area (Å²) in [5.74, 6) is 1.40. The molecule has 2 N–H and O–H groups in total. The Bertz CT molecular complexity index is 1070. The fraction of sp³-hybridized carbons (Fsp3) is 0.536. The van der Waals surface area contributed by atoms with E-state index in [-0.39, 0.29) is 29.3 Å². The summed E-state index contributed by atoms with van der Waals surface area (Å²) < 4.78 is 5.99. The Morgan fingerprint density at radius 1 is 1.21 bits per heavy atom. The van der Waals surface area contributed by atoms with E-state index in [0.29, 0.717) is 24.8 Å². The number of hydrogen-bond acceptors (Lipinski definition) is 5. The molecule has 1 aromatic rings. The maximum absolute atomic E-state index is 12.4. The van der Waals surface area contributed by atoms with E-state index in [1.165, 1.54) is 28.5 Å². The van der Waals surface area contributed by atoms with Crippen LogP contribution in [0.5, 0.6) is 0 Å². The number of ether oxygens (including phenoxy) is 1. The molecule has 0 heterocycles. The number of amides is 1. The lowest BCUT2D eigenvalue weighted by atomic mass is 9.53. The van der Waals surface area contributed by atoms with Crippen LogP contribution in [-0.4, -0.2) is 35.9 Å². The quantitative estimate of drug-likeness (QED) is 0.351. The van der Waals surface area contributed by atoms with Crippen molar-refractivity contribution in [3.63, 3.8) is 0 Å². The summed E-state index contributed by atoms with van der Waals surface area (Å²) in [7, 11) is 0. The van der Waals surface area contributed by atoms with Crippen molar-refractivity contribution in [2.45, 2.75) is 70.8 Å². The van der Waals surface area contributed by atoms with Crippen LogP contribution in [0.25, 0.3) is 0 Å². The number of hydrogen-bond donors (Lipinski definition) is 2. The molecule has 0 bridgehead atoms. The van der Waals surface area contributed by atoms with Gasteiger partial charge in [0, 0.05) is 24.3 Å². The van der Waals surface area contributed by atoms with E-state index in [2.05, 4.69) is 29.5 Å². The second-order valence-corrected chi connectivity index (χ2v) is 10.5. The molecule has 2 saturated carbocycles. The lowest BCUT2D eigenvalue weighted by Crippen LogP contribution is -2.47. The van der Waals surface area contributed by atoms with E-state index >= 15 is 0 Å². The SMILES string of the molecule is CCNC(=O)O[C@H]1CCC2C3CCC4=CC(=O)CCC4=C3[C@@H](c3ccc(/C=N/O)cc3)C[C@@]21C. The van der Waals surface area contributed by atoms with Gasteiger partial charge < -0.3 is 15.3 Å². The van der Waals surface area contributed by atoms with Crippen molar-refractivity contribution in [3.8, 4) is 0 Å². The van der Waals surface area contributed by atoms with Gasteiger partial charge in [-0.3, -0.25) is 4.79 Å². The van der Waals surface area contributed by atoms with Gasteiger partial charge >= 0.3 is 6.09 Å². The van der Waals surface area contributed by atoms with Crippen molar-refractivity contribution in [3.05, 3.63) is 58.2 Å². The van der Waals surface area contributed by atoms with Gasteiger partial charge in [0.1, 0.15) is 6.10 Å². The van der Waals surface area contributed by atoms with Crippen molar-refractivity contribution in [2.75, 3.05) is 6.54 Å². The number of carbonyl (C=O) groups is 2. The molecule has 2 unspecified atom stereocenters. The second-order valence-electron chi connectivity index (χ2n) is 10.5. The fourth-order valence-electron chi connectivity index (χ4n) is 7.30. The molecule has 180 valence electrons. The minimum Gasteiger partial charge on any atom is -0.446 e. The first-order valence-electron chi connectivity index (χ1n) is 12.6. The summed E-state index contributed by atoms with van der Waals surface area (Å²) in [4.78, 5) is 24.5. The van der Waals surface area contributed by atoms with Crippen LogP contribution in [0, 0.1) is 17.3 Å². The minimum atomic E-state index is -0.317. The highest BCUT2D eigenvalue weighted by Gasteiger charge is 2.58. The number of ketones is 1. The fourth-order valence-corrected chi connectivity index (χ4v) is 7.30. The number of allylic oxidation sites excluding steroid dienone is 4. The Morgan fingerprint density at radius 2 is 2.00 bits per heavy atom. The molecule has 1 amide bonds. The number of nitrogens with one attached hydrogen (secondary N) is 1. The summed E-state index contributed by atoms with van der Waals surface area (Å²) in [5.41, 5.74) is 6.18. The van der Waals surface area contributed by atoms with Crippen molar-refractivity contribution < 1.29 is 19.5 Å². The van der Waals surface area contributed by atoms with Crippen LogP contribution in [0.15, 0.2) is 52.2 Å². The van der Waals surface area contributed by atoms with Gasteiger partial charge in [-0.25, -0.2) is 4.79 Å². The molecule has 0 radical (unpaired) electrons. The molecule has 0 saturated heterocycles. The number of oxime groups is 1. The molecule has 1 aromatic carbocycles. The van der Waals surface area contributed by atoms with Gasteiger partial charge in [0.25, 0.3) is 0 Å². The summed E-state index contributed by atoms with van der Waals surface area (Å²) >= 11 is 0. The number of fused-ring (bicyclic) bond motifs is 4. The van der Waals surface area contributed by atoms with Crippen molar-refractivity contribution >= 4 is 18.1 Å². The standard InChI is InChI=1S/C28H34N2O4/c1-3-29-27(32)34-25-13-12-24-22-10-8-19-14-20(31)9-11-21(19)26(22)23(15-28(24,25)2)18-6-4-17(5-7-18)16-30-33/h4-7,14,16,22-25,33H,3,8-13,15H2,1-2H3,(H,29,32)/b30-16+/t22?,23-,24?,25+,28+/m1/s1. The lowest BCUT2D eigenvalue weighted by molar-refractivity contribution is -0.114. The zero-order valence-corrected chi connectivity index (χ0v) is 20.0. The highest BCUT2D eigenvalue weighted by Crippen LogP contribution is 2.64. The van der Waals surface area contributed by atoms with Crippen molar-refractivity contribution in [2.24, 2.45) is 22.4 Å². The van der Waals surface area contributed by atoms with Crippen molar-refractivity contribution in [1.29, 1.82) is 0 Å². The van der Waals surface area contributed by atoms with Gasteiger partial charge in [-0.2, -0.15) is 0 Å². The van der Waals surface area contributed by atoms with Crippen LogP contribution in [0.2, 0.25) is 0 Å². The van der Waals surface area contributed by atoms with Gasteiger partial charge in [-0.05, 0) is 85.6 Å². The van der Waals surface area contributed by atoms with Crippen LogP contribution in [0.3, 0.4) is 0 Å². The van der Waals surface area contributed by atoms with E-state index < -0.39 is 0 Å². The normalized spacial score (nSPS) is 32.6. The van der Waals surface area contributed by atoms with Crippen LogP contribution < -0.4 is 5.32 Å². The van der Waals surface area contributed by atoms with Crippen molar-refractivity contribution in [1.82, 2.24) is 5.32 Å². The van der Waals surface area contributed by atoms with Gasteiger partial charge in [0.2, 0.25) is 0 Å². The molecule has 0 aliphatic heterocycles. The molecule has 5 rings (SSSR count). The Balaban J connectivity index is 1.57. The summed E-state index contributed by atoms with van der Waals surface area (Å²) in [5, 5.41) is 14.9. The molecule has 4 aliphatic carbocycles. The summed E-state index contributed by atoms with van der Waals surface area (Å²) in [6, 6.07) is 8.25. The average molecular weight is 463 g/mol. The molecular weight excluding hydrogens is 428 g/mol. The Morgan fingerprint density at radius 3 is 2.74 bits per heavy atom. The van der Waals surface area contributed by atoms with Gasteiger partial charge in [0.05, 0.1) is 6.21 Å². The molecular formula is C28H34N2O4. The lowest BCUT2D eigenvalue weighted by Gasteiger charge is -2.52. The van der Waals surface area contributed by atoms with E-state index in [9.17, 15) is 9.59 Å². The Kier molecular flexibility index (Phi) is 6.09. The Labute approximate surface area is 201 Å². The van der Waals surface area contributed by atoms with Gasteiger partial charge in [-0.15, -0.1) is 0 Å². The maximum atomic E-state index is 12.4. The molecule has 34 heavy (non-hydrogen) atoms. The zero-order chi connectivity index (χ0) is 23.9. The number of benzene rings is 1. The molecule has 6 nitrogen and oxygen atoms in total. The first kappa shape index (κ1) is 22.9. The minimum absolute atomic E-state index is 0.0937. The molecule has 5 atom stereocenters. The smallest absolute Gasteiger partial charge is 0.407 e. The van der Waals surface area contributed by atoms with Crippen LogP contribution in [0.1, 0.15) is 75.8 Å². The van der Waals surface area contributed by atoms with E-state index in [0.717, 1.165) is 44.1 Å². The first-order chi connectivity index (χ1) is 16.4. The number of carbonyl (C=O) groups excluding carboxylic acids is 2. The van der Waals surface area contributed by atoms with E-state index in [1.54, 1.807) is 0 Å². The van der Waals surface area contributed by atoms with E-state index in [4.69, 9.17) is 9.94 Å². The maximum Gasteiger partial charge on any atom is 0.407 e. The van der Waals surface area contributed by atoms with Gasteiger partial charge in [0.15, 0.2) is 5.78 Å². The number of rotatable bonds is 4. The third-order valence-electron chi connectivity index (χ3n) is 8.76. The second kappa shape index (κ2) is 9.05. The highest BCUT2D eigenvalue weighted by molar-refractivity contribution is 5.93. The van der Waals surface area contributed by atoms with Crippen LogP contribution in [0.4, 0.5) is 4.79 Å². The molecule has 4 aliphatic rings. The Hall–Kier alpha value is -2.89. The topological polar surface area (TPSA) is 88.0 Å². The van der Waals surface area contributed by atoms with Crippen LogP contribution >= 0.6 is 0 Å². The highest BCUT2D eigenvalue weighted by atomic mass is 16.6. The van der Waals surface area contributed by atoms with E-state index in [1.807, 2.05) is 25.1 Å².